The third-order valence-corrected chi connectivity index (χ3v) is 2.40. The molecule has 0 amide bonds. The topological polar surface area (TPSA) is 55.6 Å². The van der Waals surface area contributed by atoms with Gasteiger partial charge in [0.25, 0.3) is 0 Å². The Hall–Kier alpha value is -1.75. The third-order valence-electron chi connectivity index (χ3n) is 2.40. The molecule has 0 bridgehead atoms. The lowest BCUT2D eigenvalue weighted by atomic mass is 10.3. The van der Waals surface area contributed by atoms with E-state index in [1.165, 1.54) is 0 Å². The van der Waals surface area contributed by atoms with Crippen molar-refractivity contribution in [2.45, 2.75) is 33.4 Å². The van der Waals surface area contributed by atoms with E-state index in [-0.39, 0.29) is 0 Å². The highest BCUT2D eigenvalue weighted by Crippen LogP contribution is 2.07. The molecule has 2 aromatic heterocycles. The molecule has 0 atom stereocenters. The molecule has 90 valence electrons. The molecule has 0 unspecified atom stereocenters. The van der Waals surface area contributed by atoms with Crippen LogP contribution in [0, 0.1) is 6.92 Å². The monoisotopic (exact) mass is 231 g/mol. The average molecular weight is 231 g/mol. The summed E-state index contributed by atoms with van der Waals surface area (Å²) in [7, 11) is 0. The van der Waals surface area contributed by atoms with Gasteiger partial charge in [0.2, 0.25) is 0 Å². The lowest BCUT2D eigenvalue weighted by Gasteiger charge is -2.09. The van der Waals surface area contributed by atoms with E-state index in [0.717, 1.165) is 17.2 Å². The van der Waals surface area contributed by atoms with Crippen molar-refractivity contribution >= 4 is 0 Å². The quantitative estimate of drug-likeness (QED) is 0.865. The minimum atomic E-state index is 0.422. The second-order valence-corrected chi connectivity index (χ2v) is 4.32. The standard InChI is InChI=1S/C12H17N5/c1-9(2)14-7-12-15-8-16-17(12)11-6-10(3)4-5-13-11/h4-6,8-9,14H,7H2,1-3H3. The second kappa shape index (κ2) is 5.05. The Morgan fingerprint density at radius 2 is 2.18 bits per heavy atom. The van der Waals surface area contributed by atoms with Crippen molar-refractivity contribution in [1.29, 1.82) is 0 Å². The van der Waals surface area contributed by atoms with Crippen LogP contribution in [0.4, 0.5) is 0 Å². The van der Waals surface area contributed by atoms with Gasteiger partial charge in [-0.1, -0.05) is 13.8 Å². The first kappa shape index (κ1) is 11.7. The second-order valence-electron chi connectivity index (χ2n) is 4.32. The highest BCUT2D eigenvalue weighted by molar-refractivity contribution is 5.26. The molecule has 0 spiro atoms. The molecule has 2 aromatic rings. The minimum absolute atomic E-state index is 0.422. The predicted molar refractivity (Wildman–Crippen MR) is 65.9 cm³/mol. The maximum atomic E-state index is 4.30. The van der Waals surface area contributed by atoms with Gasteiger partial charge < -0.3 is 5.32 Å². The van der Waals surface area contributed by atoms with E-state index >= 15 is 0 Å². The van der Waals surface area contributed by atoms with Crippen LogP contribution in [-0.4, -0.2) is 25.8 Å². The first-order valence-electron chi connectivity index (χ1n) is 5.72. The Bertz CT molecular complexity index is 489. The zero-order valence-electron chi connectivity index (χ0n) is 10.4. The van der Waals surface area contributed by atoms with Crippen LogP contribution in [0.3, 0.4) is 0 Å². The van der Waals surface area contributed by atoms with Crippen LogP contribution in [0.2, 0.25) is 0 Å². The van der Waals surface area contributed by atoms with Gasteiger partial charge in [0.15, 0.2) is 5.82 Å². The number of nitrogens with zero attached hydrogens (tertiary/aromatic N) is 4. The zero-order valence-corrected chi connectivity index (χ0v) is 10.4. The minimum Gasteiger partial charge on any atom is -0.308 e. The number of hydrogen-bond donors (Lipinski definition) is 1. The fourth-order valence-corrected chi connectivity index (χ4v) is 1.51. The Labute approximate surface area is 101 Å². The van der Waals surface area contributed by atoms with Crippen LogP contribution in [0.1, 0.15) is 25.2 Å². The number of rotatable bonds is 4. The molecule has 0 aromatic carbocycles. The van der Waals surface area contributed by atoms with E-state index in [1.807, 2.05) is 19.1 Å². The maximum absolute atomic E-state index is 4.30. The van der Waals surface area contributed by atoms with Gasteiger partial charge in [0.1, 0.15) is 12.2 Å². The Morgan fingerprint density at radius 1 is 1.35 bits per heavy atom. The lowest BCUT2D eigenvalue weighted by molar-refractivity contribution is 0.561. The van der Waals surface area contributed by atoms with Crippen molar-refractivity contribution in [3.8, 4) is 5.82 Å². The first-order valence-corrected chi connectivity index (χ1v) is 5.72. The molecule has 2 heterocycles. The van der Waals surface area contributed by atoms with Gasteiger partial charge in [-0.05, 0) is 24.6 Å². The summed E-state index contributed by atoms with van der Waals surface area (Å²) in [4.78, 5) is 8.55. The Morgan fingerprint density at radius 3 is 2.88 bits per heavy atom. The molecule has 1 N–H and O–H groups in total. The van der Waals surface area contributed by atoms with Crippen LogP contribution in [0.15, 0.2) is 24.7 Å². The van der Waals surface area contributed by atoms with Crippen LogP contribution in [0.5, 0.6) is 0 Å². The van der Waals surface area contributed by atoms with Crippen molar-refractivity contribution in [3.63, 3.8) is 0 Å². The molecular weight excluding hydrogens is 214 g/mol. The fourth-order valence-electron chi connectivity index (χ4n) is 1.51. The van der Waals surface area contributed by atoms with E-state index in [1.54, 1.807) is 17.2 Å². The SMILES string of the molecule is Cc1ccnc(-n2ncnc2CNC(C)C)c1. The molecule has 2 rings (SSSR count). The molecular formula is C12H17N5. The fraction of sp³-hybridized carbons (Fsp3) is 0.417. The summed E-state index contributed by atoms with van der Waals surface area (Å²) in [5.41, 5.74) is 1.16. The van der Waals surface area contributed by atoms with Gasteiger partial charge in [-0.25, -0.2) is 9.97 Å². The van der Waals surface area contributed by atoms with Gasteiger partial charge >= 0.3 is 0 Å². The van der Waals surface area contributed by atoms with E-state index in [0.29, 0.717) is 12.6 Å². The first-order chi connectivity index (χ1) is 8.16. The Kier molecular flexibility index (Phi) is 3.49. The van der Waals surface area contributed by atoms with Gasteiger partial charge in [0, 0.05) is 12.2 Å². The van der Waals surface area contributed by atoms with Crippen LogP contribution in [0.25, 0.3) is 5.82 Å². The predicted octanol–water partition coefficient (Wildman–Crippen LogP) is 1.47. The smallest absolute Gasteiger partial charge is 0.155 e. The van der Waals surface area contributed by atoms with Gasteiger partial charge in [-0.3, -0.25) is 0 Å². The molecule has 0 aliphatic heterocycles. The third kappa shape index (κ3) is 2.88. The summed E-state index contributed by atoms with van der Waals surface area (Å²) >= 11 is 0. The van der Waals surface area contributed by atoms with Crippen molar-refractivity contribution in [3.05, 3.63) is 36.0 Å². The number of pyridine rings is 1. The zero-order chi connectivity index (χ0) is 12.3. The number of hydrogen-bond acceptors (Lipinski definition) is 4. The molecule has 5 heteroatoms. The molecule has 0 fully saturated rings. The van der Waals surface area contributed by atoms with Crippen molar-refractivity contribution < 1.29 is 0 Å². The number of aromatic nitrogens is 4. The molecule has 0 aliphatic rings. The van der Waals surface area contributed by atoms with Gasteiger partial charge in [-0.2, -0.15) is 9.78 Å². The van der Waals surface area contributed by atoms with Crippen LogP contribution in [-0.2, 0) is 6.54 Å². The molecule has 0 saturated carbocycles. The van der Waals surface area contributed by atoms with Crippen LogP contribution >= 0.6 is 0 Å². The highest BCUT2D eigenvalue weighted by Gasteiger charge is 2.07. The largest absolute Gasteiger partial charge is 0.308 e. The number of nitrogens with one attached hydrogen (secondary N) is 1. The van der Waals surface area contributed by atoms with E-state index in [4.69, 9.17) is 0 Å². The average Bonchev–Trinajstić information content (AvgIpc) is 2.74. The maximum Gasteiger partial charge on any atom is 0.155 e. The van der Waals surface area contributed by atoms with E-state index < -0.39 is 0 Å². The summed E-state index contributed by atoms with van der Waals surface area (Å²) in [6.07, 6.45) is 3.34. The molecule has 5 nitrogen and oxygen atoms in total. The summed E-state index contributed by atoms with van der Waals surface area (Å²) in [5.74, 6) is 1.68. The van der Waals surface area contributed by atoms with Crippen molar-refractivity contribution in [1.82, 2.24) is 25.1 Å². The highest BCUT2D eigenvalue weighted by atomic mass is 15.4. The van der Waals surface area contributed by atoms with E-state index in [2.05, 4.69) is 34.2 Å². The molecule has 0 radical (unpaired) electrons. The van der Waals surface area contributed by atoms with Gasteiger partial charge in [-0.15, -0.1) is 0 Å². The summed E-state index contributed by atoms with van der Waals surface area (Å²) in [6, 6.07) is 4.38. The van der Waals surface area contributed by atoms with Crippen molar-refractivity contribution in [2.75, 3.05) is 0 Å². The van der Waals surface area contributed by atoms with Crippen molar-refractivity contribution in [2.24, 2.45) is 0 Å². The van der Waals surface area contributed by atoms with Gasteiger partial charge in [0.05, 0.1) is 6.54 Å². The lowest BCUT2D eigenvalue weighted by Crippen LogP contribution is -2.24. The van der Waals surface area contributed by atoms with E-state index in [9.17, 15) is 0 Å². The normalized spacial score (nSPS) is 11.1. The molecule has 0 saturated heterocycles. The molecule has 17 heavy (non-hydrogen) atoms. The summed E-state index contributed by atoms with van der Waals surface area (Å²) < 4.78 is 1.77. The Balaban J connectivity index is 2.24. The number of aryl methyl sites for hydroxylation is 1. The molecule has 0 aliphatic carbocycles. The van der Waals surface area contributed by atoms with Crippen LogP contribution < -0.4 is 5.32 Å². The summed E-state index contributed by atoms with van der Waals surface area (Å²) in [6.45, 7) is 6.93. The summed E-state index contributed by atoms with van der Waals surface area (Å²) in [5, 5.41) is 7.53.